The standard InChI is InChI=1S/C24H31Cl2NO3/c1-3-4-5-6-7-8-9-10-12-18-13-11-14-19(15-18)30-24(29)27-21-16-20(25)17(2)22(26)23(21)28/h11,13-16,28H,3-10,12H2,1-2H3,(H,27,29). The zero-order valence-corrected chi connectivity index (χ0v) is 19.3. The Morgan fingerprint density at radius 2 is 1.70 bits per heavy atom. The number of amides is 1. The van der Waals surface area contributed by atoms with E-state index in [1.807, 2.05) is 18.2 Å². The van der Waals surface area contributed by atoms with E-state index in [4.69, 9.17) is 27.9 Å². The smallest absolute Gasteiger partial charge is 0.417 e. The number of ether oxygens (including phenoxy) is 1. The molecule has 0 heterocycles. The van der Waals surface area contributed by atoms with E-state index >= 15 is 0 Å². The summed E-state index contributed by atoms with van der Waals surface area (Å²) in [6.45, 7) is 3.92. The fourth-order valence-electron chi connectivity index (χ4n) is 3.27. The highest BCUT2D eigenvalue weighted by Crippen LogP contribution is 2.38. The minimum atomic E-state index is -0.717. The number of unbranched alkanes of at least 4 members (excludes halogenated alkanes) is 7. The fraction of sp³-hybridized carbons (Fsp3) is 0.458. The highest BCUT2D eigenvalue weighted by molar-refractivity contribution is 6.37. The summed E-state index contributed by atoms with van der Waals surface area (Å²) in [4.78, 5) is 12.2. The van der Waals surface area contributed by atoms with Crippen molar-refractivity contribution < 1.29 is 14.6 Å². The lowest BCUT2D eigenvalue weighted by Gasteiger charge is -2.12. The van der Waals surface area contributed by atoms with E-state index in [9.17, 15) is 9.90 Å². The molecular weight excluding hydrogens is 421 g/mol. The van der Waals surface area contributed by atoms with Crippen molar-refractivity contribution in [2.24, 2.45) is 0 Å². The van der Waals surface area contributed by atoms with Crippen molar-refractivity contribution in [1.29, 1.82) is 0 Å². The van der Waals surface area contributed by atoms with Gasteiger partial charge in [0.25, 0.3) is 0 Å². The van der Waals surface area contributed by atoms with Crippen LogP contribution in [0.1, 0.15) is 69.4 Å². The first-order valence-electron chi connectivity index (χ1n) is 10.7. The summed E-state index contributed by atoms with van der Waals surface area (Å²) in [5.41, 5.74) is 1.79. The quantitative estimate of drug-likeness (QED) is 0.266. The van der Waals surface area contributed by atoms with Crippen LogP contribution >= 0.6 is 23.2 Å². The lowest BCUT2D eigenvalue weighted by atomic mass is 10.0. The van der Waals surface area contributed by atoms with E-state index in [1.54, 1.807) is 13.0 Å². The van der Waals surface area contributed by atoms with Crippen LogP contribution in [0.25, 0.3) is 0 Å². The lowest BCUT2D eigenvalue weighted by Crippen LogP contribution is -2.17. The molecule has 1 amide bonds. The molecule has 2 aromatic rings. The average Bonchev–Trinajstić information content (AvgIpc) is 2.72. The number of nitrogens with one attached hydrogen (secondary N) is 1. The first kappa shape index (κ1) is 24.4. The second-order valence-corrected chi connectivity index (χ2v) is 8.37. The molecule has 164 valence electrons. The highest BCUT2D eigenvalue weighted by Gasteiger charge is 2.15. The van der Waals surface area contributed by atoms with Gasteiger partial charge >= 0.3 is 6.09 Å². The molecule has 0 atom stereocenters. The van der Waals surface area contributed by atoms with Crippen LogP contribution in [0.15, 0.2) is 30.3 Å². The van der Waals surface area contributed by atoms with Crippen LogP contribution in [0.5, 0.6) is 11.5 Å². The zero-order valence-electron chi connectivity index (χ0n) is 17.8. The third-order valence-electron chi connectivity index (χ3n) is 5.09. The summed E-state index contributed by atoms with van der Waals surface area (Å²) in [5.74, 6) is 0.215. The van der Waals surface area contributed by atoms with E-state index in [2.05, 4.69) is 12.2 Å². The van der Waals surface area contributed by atoms with Crippen molar-refractivity contribution in [3.63, 3.8) is 0 Å². The number of aromatic hydroxyl groups is 1. The summed E-state index contributed by atoms with van der Waals surface area (Å²) < 4.78 is 5.36. The van der Waals surface area contributed by atoms with Crippen LogP contribution in [0.3, 0.4) is 0 Å². The molecule has 0 saturated heterocycles. The number of phenols is 1. The number of halogens is 2. The molecule has 0 radical (unpaired) electrons. The van der Waals surface area contributed by atoms with Crippen LogP contribution in [0.2, 0.25) is 10.0 Å². The Bertz CT molecular complexity index is 839. The fourth-order valence-corrected chi connectivity index (χ4v) is 3.72. The molecule has 0 aromatic heterocycles. The number of aryl methyl sites for hydroxylation is 1. The molecule has 0 aliphatic heterocycles. The maximum absolute atomic E-state index is 12.2. The van der Waals surface area contributed by atoms with Crippen LogP contribution < -0.4 is 10.1 Å². The predicted octanol–water partition coefficient (Wildman–Crippen LogP) is 8.30. The molecule has 2 aromatic carbocycles. The molecule has 2 rings (SSSR count). The van der Waals surface area contributed by atoms with Gasteiger partial charge < -0.3 is 9.84 Å². The lowest BCUT2D eigenvalue weighted by molar-refractivity contribution is 0.215. The van der Waals surface area contributed by atoms with E-state index < -0.39 is 6.09 Å². The first-order chi connectivity index (χ1) is 14.4. The van der Waals surface area contributed by atoms with E-state index in [0.717, 1.165) is 18.4 Å². The summed E-state index contributed by atoms with van der Waals surface area (Å²) in [5, 5.41) is 13.0. The summed E-state index contributed by atoms with van der Waals surface area (Å²) in [7, 11) is 0. The Balaban J connectivity index is 1.81. The van der Waals surface area contributed by atoms with Gasteiger partial charge in [-0.1, -0.05) is 87.2 Å². The monoisotopic (exact) mass is 451 g/mol. The summed E-state index contributed by atoms with van der Waals surface area (Å²) >= 11 is 12.1. The van der Waals surface area contributed by atoms with Gasteiger partial charge in [0.2, 0.25) is 0 Å². The van der Waals surface area contributed by atoms with Crippen molar-refractivity contribution in [2.45, 2.75) is 71.6 Å². The van der Waals surface area contributed by atoms with E-state index in [0.29, 0.717) is 16.3 Å². The number of hydrogen-bond acceptors (Lipinski definition) is 3. The number of phenolic OH excluding ortho intramolecular Hbond substituents is 1. The van der Waals surface area contributed by atoms with Gasteiger partial charge in [-0.3, -0.25) is 5.32 Å². The molecule has 0 aliphatic carbocycles. The van der Waals surface area contributed by atoms with Crippen LogP contribution in [-0.4, -0.2) is 11.2 Å². The molecule has 0 fully saturated rings. The maximum atomic E-state index is 12.2. The highest BCUT2D eigenvalue weighted by atomic mass is 35.5. The van der Waals surface area contributed by atoms with Crippen LogP contribution in [-0.2, 0) is 6.42 Å². The number of carbonyl (C=O) groups excluding carboxylic acids is 1. The van der Waals surface area contributed by atoms with Crippen molar-refractivity contribution in [3.8, 4) is 11.5 Å². The molecule has 6 heteroatoms. The van der Waals surface area contributed by atoms with Gasteiger partial charge in [0.05, 0.1) is 10.7 Å². The molecule has 4 nitrogen and oxygen atoms in total. The van der Waals surface area contributed by atoms with Crippen LogP contribution in [0.4, 0.5) is 10.5 Å². The largest absolute Gasteiger partial charge is 0.504 e. The maximum Gasteiger partial charge on any atom is 0.417 e. The Labute approximate surface area is 189 Å². The molecule has 2 N–H and O–H groups in total. The number of carbonyl (C=O) groups is 1. The molecule has 30 heavy (non-hydrogen) atoms. The Morgan fingerprint density at radius 1 is 1.03 bits per heavy atom. The van der Waals surface area contributed by atoms with Crippen molar-refractivity contribution in [1.82, 2.24) is 0 Å². The van der Waals surface area contributed by atoms with E-state index in [1.165, 1.54) is 51.0 Å². The van der Waals surface area contributed by atoms with E-state index in [-0.39, 0.29) is 16.5 Å². The van der Waals surface area contributed by atoms with Gasteiger partial charge in [0, 0.05) is 5.02 Å². The number of hydrogen-bond donors (Lipinski definition) is 2. The predicted molar refractivity (Wildman–Crippen MR) is 125 cm³/mol. The minimum Gasteiger partial charge on any atom is -0.504 e. The normalized spacial score (nSPS) is 10.8. The molecule has 0 aliphatic rings. The molecule has 0 unspecified atom stereocenters. The van der Waals surface area contributed by atoms with Gasteiger partial charge in [-0.05, 0) is 49.1 Å². The van der Waals surface area contributed by atoms with Crippen molar-refractivity contribution in [2.75, 3.05) is 5.32 Å². The van der Waals surface area contributed by atoms with Crippen molar-refractivity contribution in [3.05, 3.63) is 51.5 Å². The molecule has 0 saturated carbocycles. The number of benzene rings is 2. The number of rotatable bonds is 11. The Kier molecular flexibility index (Phi) is 10.3. The second-order valence-electron chi connectivity index (χ2n) is 7.58. The van der Waals surface area contributed by atoms with Crippen LogP contribution in [0, 0.1) is 6.92 Å². The number of anilines is 1. The van der Waals surface area contributed by atoms with Gasteiger partial charge in [-0.2, -0.15) is 0 Å². The summed E-state index contributed by atoms with van der Waals surface area (Å²) in [6.07, 6.45) is 10.5. The van der Waals surface area contributed by atoms with Gasteiger partial charge in [0.15, 0.2) is 5.75 Å². The summed E-state index contributed by atoms with van der Waals surface area (Å²) in [6, 6.07) is 8.96. The van der Waals surface area contributed by atoms with Gasteiger partial charge in [-0.15, -0.1) is 0 Å². The molecule has 0 spiro atoms. The average molecular weight is 452 g/mol. The minimum absolute atomic E-state index is 0.102. The third kappa shape index (κ3) is 7.73. The Morgan fingerprint density at radius 3 is 2.40 bits per heavy atom. The first-order valence-corrected chi connectivity index (χ1v) is 11.4. The molecule has 0 bridgehead atoms. The van der Waals surface area contributed by atoms with Gasteiger partial charge in [-0.25, -0.2) is 4.79 Å². The second kappa shape index (κ2) is 12.7. The Hall–Kier alpha value is -1.91. The van der Waals surface area contributed by atoms with Crippen molar-refractivity contribution >= 4 is 35.0 Å². The third-order valence-corrected chi connectivity index (χ3v) is 5.94. The molecular formula is C24H31Cl2NO3. The zero-order chi connectivity index (χ0) is 21.9. The van der Waals surface area contributed by atoms with Gasteiger partial charge in [0.1, 0.15) is 5.75 Å². The SMILES string of the molecule is CCCCCCCCCCc1cccc(OC(=O)Nc2cc(Cl)c(C)c(Cl)c2O)c1. The topological polar surface area (TPSA) is 58.6 Å².